The van der Waals surface area contributed by atoms with E-state index in [1.807, 2.05) is 6.07 Å². The van der Waals surface area contributed by atoms with Gasteiger partial charge in [0.15, 0.2) is 0 Å². The number of hydrogen-bond acceptors (Lipinski definition) is 2. The molecular formula is C17H19ClFNO. The third-order valence-corrected chi connectivity index (χ3v) is 3.56. The maximum Gasteiger partial charge on any atom is 0.138 e. The van der Waals surface area contributed by atoms with Gasteiger partial charge in [-0.15, -0.1) is 0 Å². The van der Waals surface area contributed by atoms with Crippen LogP contribution in [0.3, 0.4) is 0 Å². The molecule has 4 heteroatoms. The SMILES string of the molecule is CCCNCc1ccc(-c2ccc(Cl)c(OC)c2)c(F)c1. The average Bonchev–Trinajstić information content (AvgIpc) is 2.48. The molecule has 2 nitrogen and oxygen atoms in total. The lowest BCUT2D eigenvalue weighted by atomic mass is 10.0. The summed E-state index contributed by atoms with van der Waals surface area (Å²) in [5.74, 6) is 0.303. The predicted octanol–water partition coefficient (Wildman–Crippen LogP) is 4.65. The van der Waals surface area contributed by atoms with E-state index in [9.17, 15) is 4.39 Å². The Bertz CT molecular complexity index is 616. The Morgan fingerprint density at radius 3 is 2.67 bits per heavy atom. The largest absolute Gasteiger partial charge is 0.495 e. The fraction of sp³-hybridized carbons (Fsp3) is 0.294. The summed E-state index contributed by atoms with van der Waals surface area (Å²) < 4.78 is 19.5. The zero-order chi connectivity index (χ0) is 15.2. The van der Waals surface area contributed by atoms with E-state index in [-0.39, 0.29) is 5.82 Å². The van der Waals surface area contributed by atoms with Gasteiger partial charge < -0.3 is 10.1 Å². The fourth-order valence-corrected chi connectivity index (χ4v) is 2.33. The van der Waals surface area contributed by atoms with Crippen molar-refractivity contribution in [3.8, 4) is 16.9 Å². The molecule has 0 spiro atoms. The van der Waals surface area contributed by atoms with Gasteiger partial charge in [0.05, 0.1) is 12.1 Å². The molecule has 0 aliphatic rings. The molecule has 112 valence electrons. The van der Waals surface area contributed by atoms with Gasteiger partial charge in [-0.1, -0.05) is 36.7 Å². The minimum atomic E-state index is -0.241. The number of ether oxygens (including phenoxy) is 1. The molecule has 2 aromatic rings. The zero-order valence-corrected chi connectivity index (χ0v) is 13.0. The number of hydrogen-bond donors (Lipinski definition) is 1. The summed E-state index contributed by atoms with van der Waals surface area (Å²) in [6.45, 7) is 3.71. The molecule has 0 aliphatic heterocycles. The summed E-state index contributed by atoms with van der Waals surface area (Å²) in [5, 5.41) is 3.78. The smallest absolute Gasteiger partial charge is 0.138 e. The van der Waals surface area contributed by atoms with E-state index in [2.05, 4.69) is 12.2 Å². The number of benzene rings is 2. The standard InChI is InChI=1S/C17H19ClFNO/c1-3-8-20-11-12-4-6-14(16(19)9-12)13-5-7-15(18)17(10-13)21-2/h4-7,9-10,20H,3,8,11H2,1-2H3. The van der Waals surface area contributed by atoms with Crippen molar-refractivity contribution in [2.45, 2.75) is 19.9 Å². The summed E-state index contributed by atoms with van der Waals surface area (Å²) >= 11 is 5.99. The summed E-state index contributed by atoms with van der Waals surface area (Å²) in [4.78, 5) is 0. The Kier molecular flexibility index (Phi) is 5.59. The lowest BCUT2D eigenvalue weighted by Crippen LogP contribution is -2.13. The summed E-state index contributed by atoms with van der Waals surface area (Å²) in [7, 11) is 1.55. The average molecular weight is 308 g/mol. The topological polar surface area (TPSA) is 21.3 Å². The molecule has 2 aromatic carbocycles. The van der Waals surface area contributed by atoms with E-state index >= 15 is 0 Å². The maximum absolute atomic E-state index is 14.3. The van der Waals surface area contributed by atoms with Crippen LogP contribution in [0.4, 0.5) is 4.39 Å². The van der Waals surface area contributed by atoms with Crippen molar-refractivity contribution in [3.63, 3.8) is 0 Å². The minimum Gasteiger partial charge on any atom is -0.495 e. The van der Waals surface area contributed by atoms with Crippen LogP contribution in [-0.2, 0) is 6.54 Å². The highest BCUT2D eigenvalue weighted by Gasteiger charge is 2.09. The molecule has 0 heterocycles. The highest BCUT2D eigenvalue weighted by Crippen LogP contribution is 2.31. The lowest BCUT2D eigenvalue weighted by molar-refractivity contribution is 0.415. The molecule has 2 rings (SSSR count). The van der Waals surface area contributed by atoms with E-state index in [0.717, 1.165) is 24.1 Å². The van der Waals surface area contributed by atoms with Crippen LogP contribution in [0.5, 0.6) is 5.75 Å². The normalized spacial score (nSPS) is 10.7. The van der Waals surface area contributed by atoms with Crippen LogP contribution in [0.2, 0.25) is 5.02 Å². The molecule has 0 saturated heterocycles. The molecule has 0 unspecified atom stereocenters. The molecule has 21 heavy (non-hydrogen) atoms. The molecule has 0 saturated carbocycles. The van der Waals surface area contributed by atoms with Gasteiger partial charge in [0.2, 0.25) is 0 Å². The summed E-state index contributed by atoms with van der Waals surface area (Å²) in [5.41, 5.74) is 2.23. The van der Waals surface area contributed by atoms with Gasteiger partial charge in [0, 0.05) is 12.1 Å². The Labute approximate surface area is 129 Å². The van der Waals surface area contributed by atoms with Crippen molar-refractivity contribution >= 4 is 11.6 Å². The van der Waals surface area contributed by atoms with E-state index in [0.29, 0.717) is 22.9 Å². The van der Waals surface area contributed by atoms with Crippen LogP contribution in [0.25, 0.3) is 11.1 Å². The highest BCUT2D eigenvalue weighted by molar-refractivity contribution is 6.32. The highest BCUT2D eigenvalue weighted by atomic mass is 35.5. The third kappa shape index (κ3) is 3.96. The van der Waals surface area contributed by atoms with Crippen LogP contribution in [0.1, 0.15) is 18.9 Å². The van der Waals surface area contributed by atoms with Crippen LogP contribution >= 0.6 is 11.6 Å². The zero-order valence-electron chi connectivity index (χ0n) is 12.2. The Hall–Kier alpha value is -1.58. The predicted molar refractivity (Wildman–Crippen MR) is 85.4 cm³/mol. The fourth-order valence-electron chi connectivity index (χ4n) is 2.14. The minimum absolute atomic E-state index is 0.241. The van der Waals surface area contributed by atoms with Gasteiger partial charge in [-0.05, 0) is 42.3 Å². The lowest BCUT2D eigenvalue weighted by Gasteiger charge is -2.09. The Morgan fingerprint density at radius 2 is 2.00 bits per heavy atom. The molecule has 0 aliphatic carbocycles. The molecular weight excluding hydrogens is 289 g/mol. The third-order valence-electron chi connectivity index (χ3n) is 3.25. The first-order chi connectivity index (χ1) is 10.2. The summed E-state index contributed by atoms with van der Waals surface area (Å²) in [6, 6.07) is 10.5. The van der Waals surface area contributed by atoms with Gasteiger partial charge in [-0.2, -0.15) is 0 Å². The van der Waals surface area contributed by atoms with Crippen molar-refractivity contribution in [1.29, 1.82) is 0 Å². The number of nitrogens with one attached hydrogen (secondary N) is 1. The van der Waals surface area contributed by atoms with Gasteiger partial charge in [-0.3, -0.25) is 0 Å². The second-order valence-electron chi connectivity index (χ2n) is 4.84. The second-order valence-corrected chi connectivity index (χ2v) is 5.25. The van der Waals surface area contributed by atoms with Crippen molar-refractivity contribution in [3.05, 3.63) is 52.8 Å². The first-order valence-electron chi connectivity index (χ1n) is 6.98. The van der Waals surface area contributed by atoms with Crippen molar-refractivity contribution in [1.82, 2.24) is 5.32 Å². The van der Waals surface area contributed by atoms with E-state index in [4.69, 9.17) is 16.3 Å². The summed E-state index contributed by atoms with van der Waals surface area (Å²) in [6.07, 6.45) is 1.06. The number of rotatable bonds is 6. The van der Waals surface area contributed by atoms with E-state index in [1.165, 1.54) is 0 Å². The van der Waals surface area contributed by atoms with Gasteiger partial charge in [-0.25, -0.2) is 4.39 Å². The molecule has 0 amide bonds. The second kappa shape index (κ2) is 7.43. The van der Waals surface area contributed by atoms with Gasteiger partial charge in [0.25, 0.3) is 0 Å². The maximum atomic E-state index is 14.3. The van der Waals surface area contributed by atoms with Crippen molar-refractivity contribution in [2.24, 2.45) is 0 Å². The Balaban J connectivity index is 2.24. The first-order valence-corrected chi connectivity index (χ1v) is 7.36. The monoisotopic (exact) mass is 307 g/mol. The number of halogens is 2. The molecule has 0 radical (unpaired) electrons. The van der Waals surface area contributed by atoms with Crippen LogP contribution in [-0.4, -0.2) is 13.7 Å². The van der Waals surface area contributed by atoms with Gasteiger partial charge >= 0.3 is 0 Å². The molecule has 1 N–H and O–H groups in total. The van der Waals surface area contributed by atoms with Crippen LogP contribution < -0.4 is 10.1 Å². The molecule has 0 atom stereocenters. The molecule has 0 bridgehead atoms. The van der Waals surface area contributed by atoms with E-state index < -0.39 is 0 Å². The van der Waals surface area contributed by atoms with Gasteiger partial charge in [0.1, 0.15) is 11.6 Å². The van der Waals surface area contributed by atoms with Crippen LogP contribution in [0, 0.1) is 5.82 Å². The number of methoxy groups -OCH3 is 1. The van der Waals surface area contributed by atoms with Crippen LogP contribution in [0.15, 0.2) is 36.4 Å². The quantitative estimate of drug-likeness (QED) is 0.784. The van der Waals surface area contributed by atoms with Crippen molar-refractivity contribution in [2.75, 3.05) is 13.7 Å². The van der Waals surface area contributed by atoms with E-state index in [1.54, 1.807) is 37.4 Å². The molecule has 0 fully saturated rings. The Morgan fingerprint density at radius 1 is 1.19 bits per heavy atom. The van der Waals surface area contributed by atoms with Crippen molar-refractivity contribution < 1.29 is 9.13 Å². The molecule has 0 aromatic heterocycles. The first kappa shape index (κ1) is 15.8.